The van der Waals surface area contributed by atoms with Crippen molar-refractivity contribution in [3.63, 3.8) is 0 Å². The van der Waals surface area contributed by atoms with Gasteiger partial charge in [0.05, 0.1) is 12.2 Å². The normalized spacial score (nSPS) is 10.8. The third-order valence-electron chi connectivity index (χ3n) is 4.13. The van der Waals surface area contributed by atoms with Gasteiger partial charge in [0.1, 0.15) is 5.56 Å². The molecule has 0 saturated heterocycles. The highest BCUT2D eigenvalue weighted by molar-refractivity contribution is 7.13. The topological polar surface area (TPSA) is 68.9 Å². The summed E-state index contributed by atoms with van der Waals surface area (Å²) in [6, 6.07) is 7.33. The molecule has 3 heterocycles. The molecule has 25 heavy (non-hydrogen) atoms. The number of carbonyl (C=O) groups excluding carboxylic acids is 1. The SMILES string of the molecule is Cc1nn(CCNC(=O)c2cccn(C)c2=O)c(C)c1-c1cccs1. The third-order valence-corrected chi connectivity index (χ3v) is 5.01. The van der Waals surface area contributed by atoms with Gasteiger partial charge in [-0.05, 0) is 37.4 Å². The van der Waals surface area contributed by atoms with Crippen LogP contribution >= 0.6 is 11.3 Å². The molecule has 130 valence electrons. The van der Waals surface area contributed by atoms with Gasteiger partial charge < -0.3 is 9.88 Å². The number of nitrogens with one attached hydrogen (secondary N) is 1. The van der Waals surface area contributed by atoms with Crippen molar-refractivity contribution in [2.75, 3.05) is 6.54 Å². The van der Waals surface area contributed by atoms with Crippen molar-refractivity contribution in [3.05, 3.63) is 63.1 Å². The van der Waals surface area contributed by atoms with Gasteiger partial charge in [0.2, 0.25) is 0 Å². The zero-order valence-corrected chi connectivity index (χ0v) is 15.3. The van der Waals surface area contributed by atoms with Crippen LogP contribution in [0.3, 0.4) is 0 Å². The molecule has 0 unspecified atom stereocenters. The molecule has 0 aromatic carbocycles. The molecule has 0 fully saturated rings. The number of carbonyl (C=O) groups is 1. The highest BCUT2D eigenvalue weighted by atomic mass is 32.1. The van der Waals surface area contributed by atoms with Gasteiger partial charge in [-0.15, -0.1) is 11.3 Å². The first-order valence-electron chi connectivity index (χ1n) is 8.00. The lowest BCUT2D eigenvalue weighted by molar-refractivity contribution is 0.0950. The Morgan fingerprint density at radius 2 is 2.08 bits per heavy atom. The van der Waals surface area contributed by atoms with E-state index in [0.717, 1.165) is 17.0 Å². The lowest BCUT2D eigenvalue weighted by atomic mass is 10.1. The first-order chi connectivity index (χ1) is 12.0. The standard InChI is InChI=1S/C18H20N4O2S/c1-12-16(15-7-5-11-25-15)13(2)22(20-12)10-8-19-17(23)14-6-4-9-21(3)18(14)24/h4-7,9,11H,8,10H2,1-3H3,(H,19,23). The molecule has 0 spiro atoms. The summed E-state index contributed by atoms with van der Waals surface area (Å²) < 4.78 is 3.29. The molecule has 0 saturated carbocycles. The highest BCUT2D eigenvalue weighted by Crippen LogP contribution is 2.30. The van der Waals surface area contributed by atoms with E-state index >= 15 is 0 Å². The van der Waals surface area contributed by atoms with Crippen molar-refractivity contribution < 1.29 is 4.79 Å². The summed E-state index contributed by atoms with van der Waals surface area (Å²) in [5.74, 6) is -0.360. The molecule has 1 amide bonds. The van der Waals surface area contributed by atoms with E-state index in [1.807, 2.05) is 30.0 Å². The summed E-state index contributed by atoms with van der Waals surface area (Å²) >= 11 is 1.69. The number of rotatable bonds is 5. The summed E-state index contributed by atoms with van der Waals surface area (Å²) in [7, 11) is 1.63. The van der Waals surface area contributed by atoms with Crippen LogP contribution in [0.2, 0.25) is 0 Å². The van der Waals surface area contributed by atoms with Crippen molar-refractivity contribution in [1.29, 1.82) is 0 Å². The van der Waals surface area contributed by atoms with Gasteiger partial charge in [-0.1, -0.05) is 6.07 Å². The minimum atomic E-state index is -0.360. The number of hydrogen-bond acceptors (Lipinski definition) is 4. The van der Waals surface area contributed by atoms with Crippen molar-refractivity contribution >= 4 is 17.2 Å². The molecule has 3 rings (SSSR count). The second-order valence-corrected chi connectivity index (χ2v) is 6.79. The van der Waals surface area contributed by atoms with Gasteiger partial charge in [-0.2, -0.15) is 5.10 Å². The average Bonchev–Trinajstić information content (AvgIpc) is 3.18. The Morgan fingerprint density at radius 3 is 2.80 bits per heavy atom. The molecule has 0 aliphatic rings. The number of pyridine rings is 1. The van der Waals surface area contributed by atoms with Gasteiger partial charge >= 0.3 is 0 Å². The molecule has 6 nitrogen and oxygen atoms in total. The summed E-state index contributed by atoms with van der Waals surface area (Å²) in [5.41, 5.74) is 3.05. The van der Waals surface area contributed by atoms with E-state index in [9.17, 15) is 9.59 Å². The van der Waals surface area contributed by atoms with Crippen LogP contribution in [0, 0.1) is 13.8 Å². The molecule has 1 N–H and O–H groups in total. The number of aryl methyl sites for hydroxylation is 2. The molecule has 7 heteroatoms. The van der Waals surface area contributed by atoms with E-state index in [1.54, 1.807) is 30.6 Å². The number of thiophene rings is 1. The highest BCUT2D eigenvalue weighted by Gasteiger charge is 2.15. The first-order valence-corrected chi connectivity index (χ1v) is 8.88. The summed E-state index contributed by atoms with van der Waals surface area (Å²) in [4.78, 5) is 25.4. The molecule has 0 radical (unpaired) electrons. The second-order valence-electron chi connectivity index (χ2n) is 5.84. The Bertz CT molecular complexity index is 954. The van der Waals surface area contributed by atoms with E-state index in [1.165, 1.54) is 15.5 Å². The first kappa shape index (κ1) is 17.2. The Morgan fingerprint density at radius 1 is 1.28 bits per heavy atom. The Balaban J connectivity index is 1.69. The van der Waals surface area contributed by atoms with Gasteiger partial charge in [0.25, 0.3) is 11.5 Å². The molecule has 3 aromatic heterocycles. The largest absolute Gasteiger partial charge is 0.350 e. The number of amides is 1. The fourth-order valence-corrected chi connectivity index (χ4v) is 3.71. The molecular weight excluding hydrogens is 336 g/mol. The van der Waals surface area contributed by atoms with E-state index in [4.69, 9.17) is 0 Å². The Kier molecular flexibility index (Phi) is 4.85. The number of nitrogens with zero attached hydrogens (tertiary/aromatic N) is 3. The second kappa shape index (κ2) is 7.06. The van der Waals surface area contributed by atoms with E-state index < -0.39 is 0 Å². The fourth-order valence-electron chi connectivity index (χ4n) is 2.83. The lowest BCUT2D eigenvalue weighted by Crippen LogP contribution is -2.33. The molecular formula is C18H20N4O2S. The summed E-state index contributed by atoms with van der Waals surface area (Å²) in [6.07, 6.45) is 1.63. The van der Waals surface area contributed by atoms with Gasteiger partial charge in [0.15, 0.2) is 0 Å². The molecule has 0 aliphatic carbocycles. The predicted molar refractivity (Wildman–Crippen MR) is 99.0 cm³/mol. The van der Waals surface area contributed by atoms with Crippen LogP contribution in [0.4, 0.5) is 0 Å². The van der Waals surface area contributed by atoms with Crippen LogP contribution in [-0.2, 0) is 13.6 Å². The van der Waals surface area contributed by atoms with Crippen molar-refractivity contribution in [3.8, 4) is 10.4 Å². The average molecular weight is 356 g/mol. The summed E-state index contributed by atoms with van der Waals surface area (Å²) in [5, 5.41) is 9.42. The van der Waals surface area contributed by atoms with Crippen molar-refractivity contribution in [1.82, 2.24) is 19.7 Å². The fraction of sp³-hybridized carbons (Fsp3) is 0.278. The Labute approximate surface area is 149 Å². The van der Waals surface area contributed by atoms with Crippen LogP contribution in [0.25, 0.3) is 10.4 Å². The quantitative estimate of drug-likeness (QED) is 0.763. The van der Waals surface area contributed by atoms with Crippen molar-refractivity contribution in [2.45, 2.75) is 20.4 Å². The zero-order valence-electron chi connectivity index (χ0n) is 14.4. The van der Waals surface area contributed by atoms with Crippen LogP contribution in [0.1, 0.15) is 21.7 Å². The monoisotopic (exact) mass is 356 g/mol. The minimum Gasteiger partial charge on any atom is -0.350 e. The number of hydrogen-bond donors (Lipinski definition) is 1. The van der Waals surface area contributed by atoms with Crippen LogP contribution in [0.15, 0.2) is 40.6 Å². The predicted octanol–water partition coefficient (Wildman–Crippen LogP) is 2.36. The lowest BCUT2D eigenvalue weighted by Gasteiger charge is -2.08. The van der Waals surface area contributed by atoms with E-state index in [0.29, 0.717) is 13.1 Å². The summed E-state index contributed by atoms with van der Waals surface area (Å²) in [6.45, 7) is 4.98. The Hall–Kier alpha value is -2.67. The van der Waals surface area contributed by atoms with E-state index in [2.05, 4.69) is 16.5 Å². The maximum atomic E-state index is 12.2. The van der Waals surface area contributed by atoms with Crippen LogP contribution in [0.5, 0.6) is 0 Å². The zero-order chi connectivity index (χ0) is 18.0. The van der Waals surface area contributed by atoms with E-state index in [-0.39, 0.29) is 17.0 Å². The van der Waals surface area contributed by atoms with Gasteiger partial charge in [-0.25, -0.2) is 0 Å². The molecule has 0 aliphatic heterocycles. The molecule has 0 bridgehead atoms. The number of aromatic nitrogens is 3. The minimum absolute atomic E-state index is 0.151. The maximum Gasteiger partial charge on any atom is 0.263 e. The van der Waals surface area contributed by atoms with Gasteiger partial charge in [-0.3, -0.25) is 14.3 Å². The maximum absolute atomic E-state index is 12.2. The van der Waals surface area contributed by atoms with Crippen molar-refractivity contribution in [2.24, 2.45) is 7.05 Å². The third kappa shape index (κ3) is 3.41. The van der Waals surface area contributed by atoms with Gasteiger partial charge in [0, 0.05) is 35.9 Å². The van der Waals surface area contributed by atoms with Crippen LogP contribution in [-0.4, -0.2) is 26.8 Å². The smallest absolute Gasteiger partial charge is 0.263 e. The van der Waals surface area contributed by atoms with Crippen LogP contribution < -0.4 is 10.9 Å². The molecule has 3 aromatic rings. The molecule has 0 atom stereocenters.